The molecule has 0 unspecified atom stereocenters. The monoisotopic (exact) mass is 153 g/mol. The van der Waals surface area contributed by atoms with Gasteiger partial charge < -0.3 is 5.73 Å². The molecule has 0 aliphatic heterocycles. The summed E-state index contributed by atoms with van der Waals surface area (Å²) in [5.74, 6) is 0.901. The molecule has 1 rings (SSSR count). The Morgan fingerprint density at radius 1 is 1.55 bits per heavy atom. The SMILES string of the molecule is CCC/C(=C/CN)C1CCC1. The Labute approximate surface area is 69.7 Å². The second kappa shape index (κ2) is 4.55. The molecule has 1 saturated carbocycles. The van der Waals surface area contributed by atoms with E-state index in [0.717, 1.165) is 12.5 Å². The number of hydrogen-bond donors (Lipinski definition) is 1. The van der Waals surface area contributed by atoms with Crippen molar-refractivity contribution in [3.05, 3.63) is 11.6 Å². The third-order valence-electron chi connectivity index (χ3n) is 2.55. The summed E-state index contributed by atoms with van der Waals surface area (Å²) in [4.78, 5) is 0. The Morgan fingerprint density at radius 2 is 2.27 bits per heavy atom. The van der Waals surface area contributed by atoms with Crippen molar-refractivity contribution in [2.24, 2.45) is 11.7 Å². The Bertz CT molecular complexity index is 134. The molecular formula is C10H19N. The largest absolute Gasteiger partial charge is 0.327 e. The fourth-order valence-electron chi connectivity index (χ4n) is 1.69. The highest BCUT2D eigenvalue weighted by atomic mass is 14.5. The number of hydrogen-bond acceptors (Lipinski definition) is 1. The summed E-state index contributed by atoms with van der Waals surface area (Å²) in [6.07, 6.45) is 9.01. The lowest BCUT2D eigenvalue weighted by Gasteiger charge is -2.28. The minimum atomic E-state index is 0.728. The van der Waals surface area contributed by atoms with Crippen LogP contribution in [0.5, 0.6) is 0 Å². The zero-order chi connectivity index (χ0) is 8.10. The highest BCUT2D eigenvalue weighted by Gasteiger charge is 2.20. The van der Waals surface area contributed by atoms with Crippen LogP contribution >= 0.6 is 0 Å². The van der Waals surface area contributed by atoms with Gasteiger partial charge in [0.25, 0.3) is 0 Å². The van der Waals surface area contributed by atoms with Gasteiger partial charge in [0.2, 0.25) is 0 Å². The van der Waals surface area contributed by atoms with Gasteiger partial charge >= 0.3 is 0 Å². The predicted octanol–water partition coefficient (Wildman–Crippen LogP) is 2.47. The van der Waals surface area contributed by atoms with Crippen LogP contribution in [-0.4, -0.2) is 6.54 Å². The zero-order valence-electron chi connectivity index (χ0n) is 7.47. The smallest absolute Gasteiger partial charge is 0.0109 e. The van der Waals surface area contributed by atoms with Gasteiger partial charge in [0.1, 0.15) is 0 Å². The summed E-state index contributed by atoms with van der Waals surface area (Å²) in [7, 11) is 0. The van der Waals surface area contributed by atoms with E-state index in [1.807, 2.05) is 0 Å². The first kappa shape index (κ1) is 8.79. The van der Waals surface area contributed by atoms with E-state index in [0.29, 0.717) is 0 Å². The molecule has 0 aromatic rings. The molecule has 0 radical (unpaired) electrons. The van der Waals surface area contributed by atoms with E-state index < -0.39 is 0 Å². The number of nitrogens with two attached hydrogens (primary N) is 1. The third kappa shape index (κ3) is 2.33. The highest BCUT2D eigenvalue weighted by molar-refractivity contribution is 5.10. The van der Waals surface area contributed by atoms with Crippen molar-refractivity contribution in [2.75, 3.05) is 6.54 Å². The number of allylic oxidation sites excluding steroid dienone is 1. The quantitative estimate of drug-likeness (QED) is 0.617. The minimum Gasteiger partial charge on any atom is -0.327 e. The van der Waals surface area contributed by atoms with Crippen LogP contribution in [0.1, 0.15) is 39.0 Å². The van der Waals surface area contributed by atoms with Crippen LogP contribution in [0.4, 0.5) is 0 Å². The maximum absolute atomic E-state index is 5.50. The van der Waals surface area contributed by atoms with Gasteiger partial charge in [-0.15, -0.1) is 0 Å². The molecule has 2 N–H and O–H groups in total. The van der Waals surface area contributed by atoms with Gasteiger partial charge in [-0.3, -0.25) is 0 Å². The molecule has 0 heterocycles. The first-order chi connectivity index (χ1) is 5.38. The van der Waals surface area contributed by atoms with Crippen molar-refractivity contribution in [2.45, 2.75) is 39.0 Å². The van der Waals surface area contributed by atoms with Crippen molar-refractivity contribution in [3.8, 4) is 0 Å². The zero-order valence-corrected chi connectivity index (χ0v) is 7.47. The second-order valence-corrected chi connectivity index (χ2v) is 3.39. The van der Waals surface area contributed by atoms with Crippen LogP contribution in [0.25, 0.3) is 0 Å². The van der Waals surface area contributed by atoms with E-state index in [4.69, 9.17) is 5.73 Å². The van der Waals surface area contributed by atoms with E-state index in [2.05, 4.69) is 13.0 Å². The van der Waals surface area contributed by atoms with Crippen LogP contribution in [-0.2, 0) is 0 Å². The summed E-state index contributed by atoms with van der Waals surface area (Å²) >= 11 is 0. The average molecular weight is 153 g/mol. The lowest BCUT2D eigenvalue weighted by atomic mass is 9.78. The average Bonchev–Trinajstić information content (AvgIpc) is 1.85. The van der Waals surface area contributed by atoms with E-state index in [1.54, 1.807) is 5.57 Å². The molecule has 0 amide bonds. The van der Waals surface area contributed by atoms with Gasteiger partial charge in [-0.2, -0.15) is 0 Å². The van der Waals surface area contributed by atoms with Crippen LogP contribution in [0, 0.1) is 5.92 Å². The van der Waals surface area contributed by atoms with Gasteiger partial charge in [0.05, 0.1) is 0 Å². The maximum atomic E-state index is 5.50. The van der Waals surface area contributed by atoms with E-state index >= 15 is 0 Å². The molecule has 1 heteroatoms. The molecule has 1 aliphatic rings. The van der Waals surface area contributed by atoms with Crippen LogP contribution in [0.3, 0.4) is 0 Å². The standard InChI is InChI=1S/C10H19N/c1-2-4-9(7-8-11)10-5-3-6-10/h7,10H,2-6,8,11H2,1H3/b9-7-. The normalized spacial score (nSPS) is 20.0. The molecule has 1 nitrogen and oxygen atoms in total. The molecule has 0 aromatic carbocycles. The third-order valence-corrected chi connectivity index (χ3v) is 2.55. The van der Waals surface area contributed by atoms with Crippen molar-refractivity contribution < 1.29 is 0 Å². The van der Waals surface area contributed by atoms with E-state index in [9.17, 15) is 0 Å². The van der Waals surface area contributed by atoms with Crippen molar-refractivity contribution in [1.82, 2.24) is 0 Å². The van der Waals surface area contributed by atoms with Gasteiger partial charge in [-0.25, -0.2) is 0 Å². The fourth-order valence-corrected chi connectivity index (χ4v) is 1.69. The van der Waals surface area contributed by atoms with Crippen molar-refractivity contribution >= 4 is 0 Å². The van der Waals surface area contributed by atoms with Crippen LogP contribution < -0.4 is 5.73 Å². The van der Waals surface area contributed by atoms with Crippen molar-refractivity contribution in [1.29, 1.82) is 0 Å². The summed E-state index contributed by atoms with van der Waals surface area (Å²) in [6, 6.07) is 0. The molecule has 0 saturated heterocycles. The van der Waals surface area contributed by atoms with Gasteiger partial charge in [-0.1, -0.05) is 31.4 Å². The van der Waals surface area contributed by atoms with E-state index in [-0.39, 0.29) is 0 Å². The molecule has 1 fully saturated rings. The summed E-state index contributed by atoms with van der Waals surface area (Å²) < 4.78 is 0. The lowest BCUT2D eigenvalue weighted by Crippen LogP contribution is -2.14. The van der Waals surface area contributed by atoms with Crippen molar-refractivity contribution in [3.63, 3.8) is 0 Å². The first-order valence-electron chi connectivity index (χ1n) is 4.77. The first-order valence-corrected chi connectivity index (χ1v) is 4.77. The van der Waals surface area contributed by atoms with E-state index in [1.165, 1.54) is 32.1 Å². The predicted molar refractivity (Wildman–Crippen MR) is 49.4 cm³/mol. The Hall–Kier alpha value is -0.300. The topological polar surface area (TPSA) is 26.0 Å². The molecule has 0 spiro atoms. The fraction of sp³-hybridized carbons (Fsp3) is 0.800. The summed E-state index contributed by atoms with van der Waals surface area (Å²) in [6.45, 7) is 2.97. The van der Waals surface area contributed by atoms with Crippen LogP contribution in [0.2, 0.25) is 0 Å². The highest BCUT2D eigenvalue weighted by Crippen LogP contribution is 2.34. The Balaban J connectivity index is 2.37. The molecule has 11 heavy (non-hydrogen) atoms. The van der Waals surface area contributed by atoms with Gasteiger partial charge in [0.15, 0.2) is 0 Å². The molecular weight excluding hydrogens is 134 g/mol. The second-order valence-electron chi connectivity index (χ2n) is 3.39. The minimum absolute atomic E-state index is 0.728. The molecule has 0 atom stereocenters. The molecule has 1 aliphatic carbocycles. The lowest BCUT2D eigenvalue weighted by molar-refractivity contribution is 0.357. The Morgan fingerprint density at radius 3 is 2.64 bits per heavy atom. The van der Waals surface area contributed by atoms with Gasteiger partial charge in [-0.05, 0) is 25.2 Å². The number of rotatable bonds is 4. The molecule has 0 bridgehead atoms. The van der Waals surface area contributed by atoms with Gasteiger partial charge in [0, 0.05) is 6.54 Å². The van der Waals surface area contributed by atoms with Crippen LogP contribution in [0.15, 0.2) is 11.6 Å². The summed E-state index contributed by atoms with van der Waals surface area (Å²) in [5, 5.41) is 0. The maximum Gasteiger partial charge on any atom is 0.0109 e. The molecule has 64 valence electrons. The molecule has 0 aromatic heterocycles. The summed E-state index contributed by atoms with van der Waals surface area (Å²) in [5.41, 5.74) is 7.13. The Kier molecular flexibility index (Phi) is 3.64.